The fraction of sp³-hybridized carbons (Fsp3) is 1.00. The third-order valence-corrected chi connectivity index (χ3v) is 2.88. The van der Waals surface area contributed by atoms with Gasteiger partial charge in [0, 0.05) is 19.6 Å². The molecule has 1 atom stereocenters. The number of rotatable bonds is 4. The average Bonchev–Trinajstić information content (AvgIpc) is 1.96. The molecule has 0 bridgehead atoms. The van der Waals surface area contributed by atoms with Gasteiger partial charge in [-0.3, -0.25) is 4.90 Å². The molecule has 0 amide bonds. The van der Waals surface area contributed by atoms with Crippen LogP contribution in [0.25, 0.3) is 0 Å². The van der Waals surface area contributed by atoms with E-state index in [4.69, 9.17) is 4.74 Å². The van der Waals surface area contributed by atoms with Gasteiger partial charge in [0.2, 0.25) is 0 Å². The fourth-order valence-electron chi connectivity index (χ4n) is 2.93. The maximum atomic E-state index is 6.08. The van der Waals surface area contributed by atoms with E-state index in [1.165, 1.54) is 0 Å². The van der Waals surface area contributed by atoms with Crippen LogP contribution in [-0.4, -0.2) is 49.3 Å². The molecule has 1 N–H and O–H groups in total. The Bertz CT molecular complexity index is 210. The minimum Gasteiger partial charge on any atom is -0.367 e. The molecule has 1 fully saturated rings. The van der Waals surface area contributed by atoms with E-state index in [1.807, 2.05) is 7.05 Å². The van der Waals surface area contributed by atoms with Crippen molar-refractivity contribution in [2.75, 3.05) is 33.2 Å². The highest BCUT2D eigenvalue weighted by Gasteiger charge is 2.38. The Morgan fingerprint density at radius 3 is 2.12 bits per heavy atom. The third kappa shape index (κ3) is 4.40. The Labute approximate surface area is 101 Å². The molecule has 0 saturated carbocycles. The summed E-state index contributed by atoms with van der Waals surface area (Å²) in [4.78, 5) is 2.53. The number of hydrogen-bond acceptors (Lipinski definition) is 3. The summed E-state index contributed by atoms with van der Waals surface area (Å²) in [5.41, 5.74) is -0.0533. The van der Waals surface area contributed by atoms with Gasteiger partial charge in [0.25, 0.3) is 0 Å². The van der Waals surface area contributed by atoms with Crippen molar-refractivity contribution >= 4 is 0 Å². The quantitative estimate of drug-likeness (QED) is 0.793. The highest BCUT2D eigenvalue weighted by Crippen LogP contribution is 2.28. The summed E-state index contributed by atoms with van der Waals surface area (Å²) in [5.74, 6) is 0.690. The summed E-state index contributed by atoms with van der Waals surface area (Å²) in [7, 11) is 2.02. The van der Waals surface area contributed by atoms with Gasteiger partial charge < -0.3 is 10.1 Å². The predicted molar refractivity (Wildman–Crippen MR) is 68.8 cm³/mol. The molecule has 3 nitrogen and oxygen atoms in total. The lowest BCUT2D eigenvalue weighted by molar-refractivity contribution is -0.181. The smallest absolute Gasteiger partial charge is 0.0760 e. The third-order valence-electron chi connectivity index (χ3n) is 2.88. The van der Waals surface area contributed by atoms with Crippen LogP contribution in [0.2, 0.25) is 0 Å². The van der Waals surface area contributed by atoms with Crippen LogP contribution in [0.4, 0.5) is 0 Å². The number of hydrogen-bond donors (Lipinski definition) is 1. The van der Waals surface area contributed by atoms with Crippen molar-refractivity contribution < 1.29 is 4.74 Å². The van der Waals surface area contributed by atoms with Crippen molar-refractivity contribution in [3.05, 3.63) is 0 Å². The Morgan fingerprint density at radius 1 is 1.19 bits per heavy atom. The van der Waals surface area contributed by atoms with Crippen LogP contribution in [-0.2, 0) is 4.74 Å². The van der Waals surface area contributed by atoms with Gasteiger partial charge in [-0.05, 0) is 47.2 Å². The molecule has 0 spiro atoms. The molecule has 16 heavy (non-hydrogen) atoms. The summed E-state index contributed by atoms with van der Waals surface area (Å²) < 4.78 is 6.08. The van der Waals surface area contributed by atoms with Gasteiger partial charge >= 0.3 is 0 Å². The zero-order chi connectivity index (χ0) is 12.4. The van der Waals surface area contributed by atoms with Crippen molar-refractivity contribution in [3.63, 3.8) is 0 Å². The lowest BCUT2D eigenvalue weighted by Gasteiger charge is -2.47. The maximum Gasteiger partial charge on any atom is 0.0760 e. The first kappa shape index (κ1) is 13.9. The Balaban J connectivity index is 2.54. The topological polar surface area (TPSA) is 24.5 Å². The van der Waals surface area contributed by atoms with Crippen molar-refractivity contribution in [3.8, 4) is 0 Å². The van der Waals surface area contributed by atoms with Crippen molar-refractivity contribution in [2.45, 2.75) is 45.8 Å². The number of nitrogens with one attached hydrogen (secondary N) is 1. The van der Waals surface area contributed by atoms with E-state index in [-0.39, 0.29) is 11.2 Å². The van der Waals surface area contributed by atoms with E-state index >= 15 is 0 Å². The second-order valence-corrected chi connectivity index (χ2v) is 6.45. The molecule has 0 aromatic heterocycles. The van der Waals surface area contributed by atoms with Crippen molar-refractivity contribution in [1.82, 2.24) is 10.2 Å². The van der Waals surface area contributed by atoms with Crippen LogP contribution in [0.1, 0.15) is 34.6 Å². The fourth-order valence-corrected chi connectivity index (χ4v) is 2.93. The van der Waals surface area contributed by atoms with Crippen LogP contribution < -0.4 is 5.32 Å². The van der Waals surface area contributed by atoms with Crippen LogP contribution in [0.5, 0.6) is 0 Å². The monoisotopic (exact) mass is 228 g/mol. The average molecular weight is 228 g/mol. The van der Waals surface area contributed by atoms with Crippen molar-refractivity contribution in [2.24, 2.45) is 5.92 Å². The van der Waals surface area contributed by atoms with E-state index < -0.39 is 0 Å². The van der Waals surface area contributed by atoms with Crippen LogP contribution >= 0.6 is 0 Å². The van der Waals surface area contributed by atoms with E-state index in [0.717, 1.165) is 26.2 Å². The Morgan fingerprint density at radius 2 is 1.69 bits per heavy atom. The minimum absolute atomic E-state index is 0.0267. The molecule has 1 saturated heterocycles. The summed E-state index contributed by atoms with van der Waals surface area (Å²) >= 11 is 0. The molecular formula is C13H28N2O. The second-order valence-electron chi connectivity index (χ2n) is 6.45. The van der Waals surface area contributed by atoms with Crippen LogP contribution in [0, 0.1) is 5.92 Å². The zero-order valence-corrected chi connectivity index (χ0v) is 11.8. The molecular weight excluding hydrogens is 200 g/mol. The van der Waals surface area contributed by atoms with Gasteiger partial charge in [0.15, 0.2) is 0 Å². The normalized spacial score (nSPS) is 26.6. The van der Waals surface area contributed by atoms with Gasteiger partial charge in [0.05, 0.1) is 11.2 Å². The lowest BCUT2D eigenvalue weighted by Crippen LogP contribution is -2.58. The van der Waals surface area contributed by atoms with E-state index in [2.05, 4.69) is 44.8 Å². The first-order valence-corrected chi connectivity index (χ1v) is 6.31. The largest absolute Gasteiger partial charge is 0.367 e. The second kappa shape index (κ2) is 5.03. The van der Waals surface area contributed by atoms with Gasteiger partial charge in [-0.25, -0.2) is 0 Å². The van der Waals surface area contributed by atoms with E-state index in [9.17, 15) is 0 Å². The zero-order valence-electron chi connectivity index (χ0n) is 11.8. The first-order chi connectivity index (χ1) is 7.24. The Hall–Kier alpha value is -0.120. The predicted octanol–water partition coefficient (Wildman–Crippen LogP) is 1.73. The highest BCUT2D eigenvalue weighted by molar-refractivity contribution is 4.89. The molecule has 0 aromatic rings. The highest BCUT2D eigenvalue weighted by atomic mass is 16.5. The molecule has 0 aliphatic carbocycles. The van der Waals surface area contributed by atoms with Gasteiger partial charge in [-0.2, -0.15) is 0 Å². The van der Waals surface area contributed by atoms with E-state index in [1.54, 1.807) is 0 Å². The van der Waals surface area contributed by atoms with Gasteiger partial charge in [0.1, 0.15) is 0 Å². The van der Waals surface area contributed by atoms with Crippen molar-refractivity contribution in [1.29, 1.82) is 0 Å². The van der Waals surface area contributed by atoms with Crippen LogP contribution in [0.3, 0.4) is 0 Å². The lowest BCUT2D eigenvalue weighted by atomic mass is 9.98. The molecule has 3 heteroatoms. The summed E-state index contributed by atoms with van der Waals surface area (Å²) in [6, 6.07) is 0. The Kier molecular flexibility index (Phi) is 4.38. The SMILES string of the molecule is CNCC(C)CN1CC(C)(C)OC(C)(C)C1. The minimum atomic E-state index is -0.0267. The molecule has 1 rings (SSSR count). The molecule has 0 radical (unpaired) electrons. The molecule has 1 aliphatic heterocycles. The molecule has 1 unspecified atom stereocenters. The summed E-state index contributed by atoms with van der Waals surface area (Å²) in [6.45, 7) is 15.3. The van der Waals surface area contributed by atoms with Gasteiger partial charge in [-0.1, -0.05) is 6.92 Å². The summed E-state index contributed by atoms with van der Waals surface area (Å²) in [6.07, 6.45) is 0. The van der Waals surface area contributed by atoms with Gasteiger partial charge in [-0.15, -0.1) is 0 Å². The number of morpholine rings is 1. The first-order valence-electron chi connectivity index (χ1n) is 6.31. The number of ether oxygens (including phenoxy) is 1. The van der Waals surface area contributed by atoms with E-state index in [0.29, 0.717) is 5.92 Å². The number of nitrogens with zero attached hydrogens (tertiary/aromatic N) is 1. The maximum absolute atomic E-state index is 6.08. The standard InChI is InChI=1S/C13H28N2O/c1-11(7-14-6)8-15-9-12(2,3)16-13(4,5)10-15/h11,14H,7-10H2,1-6H3. The molecule has 1 aliphatic rings. The summed E-state index contributed by atoms with van der Waals surface area (Å²) in [5, 5.41) is 3.24. The van der Waals surface area contributed by atoms with Crippen LogP contribution in [0.15, 0.2) is 0 Å². The molecule has 96 valence electrons. The molecule has 1 heterocycles. The molecule has 0 aromatic carbocycles.